The maximum atomic E-state index is 2.76. The van der Waals surface area contributed by atoms with E-state index in [2.05, 4.69) is 85.3 Å². The summed E-state index contributed by atoms with van der Waals surface area (Å²) in [5.41, 5.74) is 0. The Kier molecular flexibility index (Phi) is 14.4. The molecule has 2 nitrogen and oxygen atoms in total. The molecule has 0 heterocycles. The van der Waals surface area contributed by atoms with Crippen molar-refractivity contribution in [3.63, 3.8) is 0 Å². The van der Waals surface area contributed by atoms with Crippen molar-refractivity contribution in [3.8, 4) is 0 Å². The van der Waals surface area contributed by atoms with E-state index in [4.69, 9.17) is 0 Å². The van der Waals surface area contributed by atoms with Gasteiger partial charge in [-0.2, -0.15) is 11.8 Å². The Labute approximate surface area is 177 Å². The van der Waals surface area contributed by atoms with Crippen LogP contribution in [0.15, 0.2) is 0 Å². The third-order valence-corrected chi connectivity index (χ3v) is 7.66. The third kappa shape index (κ3) is 12.4. The molecule has 164 valence electrons. The Bertz CT molecular complexity index is 340. The SMILES string of the molecule is CSC(C)CN(CCN(CC(C)C(C)C)CC(C)C(C)C)CC(C)C(C)C. The molecule has 4 unspecified atom stereocenters. The molecule has 0 aromatic heterocycles. The van der Waals surface area contributed by atoms with Gasteiger partial charge in [0, 0.05) is 44.5 Å². The summed E-state index contributed by atoms with van der Waals surface area (Å²) in [4.78, 5) is 5.49. The largest absolute Gasteiger partial charge is 0.302 e. The fraction of sp³-hybridized carbons (Fsp3) is 1.00. The molecule has 0 amide bonds. The van der Waals surface area contributed by atoms with Crippen LogP contribution in [0, 0.1) is 35.5 Å². The normalized spacial score (nSPS) is 17.3. The summed E-state index contributed by atoms with van der Waals surface area (Å²) >= 11 is 2.00. The van der Waals surface area contributed by atoms with Crippen LogP contribution in [-0.2, 0) is 0 Å². The summed E-state index contributed by atoms with van der Waals surface area (Å²) < 4.78 is 0. The van der Waals surface area contributed by atoms with Crippen LogP contribution in [0.4, 0.5) is 0 Å². The number of rotatable bonds is 15. The molecule has 27 heavy (non-hydrogen) atoms. The van der Waals surface area contributed by atoms with Gasteiger partial charge in [0.05, 0.1) is 0 Å². The smallest absolute Gasteiger partial charge is 0.0143 e. The Morgan fingerprint density at radius 3 is 1.07 bits per heavy atom. The van der Waals surface area contributed by atoms with Crippen LogP contribution >= 0.6 is 11.8 Å². The number of hydrogen-bond acceptors (Lipinski definition) is 3. The van der Waals surface area contributed by atoms with Gasteiger partial charge in [-0.1, -0.05) is 69.2 Å². The zero-order chi connectivity index (χ0) is 21.1. The average Bonchev–Trinajstić information content (AvgIpc) is 2.58. The lowest BCUT2D eigenvalue weighted by molar-refractivity contribution is 0.136. The molecule has 0 saturated carbocycles. The van der Waals surface area contributed by atoms with Gasteiger partial charge in [-0.05, 0) is 41.8 Å². The Morgan fingerprint density at radius 1 is 0.519 bits per heavy atom. The van der Waals surface area contributed by atoms with E-state index in [1.165, 1.54) is 39.3 Å². The van der Waals surface area contributed by atoms with Gasteiger partial charge in [0.25, 0.3) is 0 Å². The van der Waals surface area contributed by atoms with Gasteiger partial charge in [0.2, 0.25) is 0 Å². The quantitative estimate of drug-likeness (QED) is 0.322. The summed E-state index contributed by atoms with van der Waals surface area (Å²) in [5.74, 6) is 4.56. The van der Waals surface area contributed by atoms with Crippen LogP contribution in [-0.4, -0.2) is 60.6 Å². The molecule has 0 fully saturated rings. The van der Waals surface area contributed by atoms with E-state index >= 15 is 0 Å². The molecule has 0 spiro atoms. The summed E-state index contributed by atoms with van der Waals surface area (Å²) in [6.45, 7) is 31.2. The van der Waals surface area contributed by atoms with Gasteiger partial charge in [0.1, 0.15) is 0 Å². The van der Waals surface area contributed by atoms with E-state index in [1.54, 1.807) is 0 Å². The molecular weight excluding hydrogens is 348 g/mol. The van der Waals surface area contributed by atoms with Crippen molar-refractivity contribution >= 4 is 11.8 Å². The van der Waals surface area contributed by atoms with Gasteiger partial charge in [-0.3, -0.25) is 0 Å². The second-order valence-electron chi connectivity index (χ2n) is 10.2. The molecule has 0 aromatic rings. The van der Waals surface area contributed by atoms with Crippen LogP contribution in [0.3, 0.4) is 0 Å². The van der Waals surface area contributed by atoms with Gasteiger partial charge in [0.15, 0.2) is 0 Å². The second-order valence-corrected chi connectivity index (χ2v) is 11.5. The fourth-order valence-corrected chi connectivity index (χ4v) is 3.45. The van der Waals surface area contributed by atoms with E-state index < -0.39 is 0 Å². The maximum absolute atomic E-state index is 2.76. The molecule has 0 radical (unpaired) electrons. The Morgan fingerprint density at radius 2 is 0.815 bits per heavy atom. The highest BCUT2D eigenvalue weighted by Gasteiger charge is 2.20. The summed E-state index contributed by atoms with van der Waals surface area (Å²) in [6.07, 6.45) is 2.25. The molecule has 0 aromatic carbocycles. The van der Waals surface area contributed by atoms with Crippen LogP contribution < -0.4 is 0 Å². The standard InChI is InChI=1S/C24H52N2S/c1-18(2)21(7)14-25(15-22(8)19(3)4)12-13-26(17-24(10)27-11)16-23(9)20(5)6/h18-24H,12-17H2,1-11H3. The van der Waals surface area contributed by atoms with Crippen molar-refractivity contribution in [2.75, 3.05) is 45.5 Å². The molecular formula is C24H52N2S. The molecule has 0 N–H and O–H groups in total. The number of hydrogen-bond donors (Lipinski definition) is 0. The minimum absolute atomic E-state index is 0.710. The minimum atomic E-state index is 0.710. The Hall–Kier alpha value is 0.270. The predicted molar refractivity (Wildman–Crippen MR) is 128 cm³/mol. The van der Waals surface area contributed by atoms with Gasteiger partial charge in [-0.25, -0.2) is 0 Å². The first-order valence-electron chi connectivity index (χ1n) is 11.4. The molecule has 0 aliphatic carbocycles. The van der Waals surface area contributed by atoms with E-state index in [0.717, 1.165) is 35.5 Å². The first kappa shape index (κ1) is 27.3. The number of nitrogens with zero attached hydrogens (tertiary/aromatic N) is 2. The fourth-order valence-electron chi connectivity index (χ4n) is 3.09. The van der Waals surface area contributed by atoms with Crippen molar-refractivity contribution in [1.82, 2.24) is 9.80 Å². The molecule has 0 saturated heterocycles. The topological polar surface area (TPSA) is 6.48 Å². The van der Waals surface area contributed by atoms with Crippen molar-refractivity contribution in [1.29, 1.82) is 0 Å². The van der Waals surface area contributed by atoms with Gasteiger partial charge in [-0.15, -0.1) is 0 Å². The molecule has 3 heteroatoms. The zero-order valence-electron chi connectivity index (χ0n) is 20.6. The lowest BCUT2D eigenvalue weighted by Gasteiger charge is -2.35. The van der Waals surface area contributed by atoms with E-state index in [1.807, 2.05) is 11.8 Å². The van der Waals surface area contributed by atoms with E-state index in [-0.39, 0.29) is 0 Å². The third-order valence-electron chi connectivity index (χ3n) is 6.70. The first-order chi connectivity index (χ1) is 12.5. The van der Waals surface area contributed by atoms with Gasteiger partial charge < -0.3 is 9.80 Å². The van der Waals surface area contributed by atoms with Gasteiger partial charge >= 0.3 is 0 Å². The first-order valence-corrected chi connectivity index (χ1v) is 12.7. The molecule has 0 aliphatic heterocycles. The second kappa shape index (κ2) is 14.3. The highest BCUT2D eigenvalue weighted by molar-refractivity contribution is 7.99. The van der Waals surface area contributed by atoms with Crippen molar-refractivity contribution in [2.45, 2.75) is 74.5 Å². The maximum Gasteiger partial charge on any atom is 0.0143 e. The highest BCUT2D eigenvalue weighted by Crippen LogP contribution is 2.18. The average molecular weight is 401 g/mol. The molecule has 0 bridgehead atoms. The minimum Gasteiger partial charge on any atom is -0.302 e. The summed E-state index contributed by atoms with van der Waals surface area (Å²) in [5, 5.41) is 0.710. The van der Waals surface area contributed by atoms with Crippen LogP contribution in [0.5, 0.6) is 0 Å². The molecule has 4 atom stereocenters. The summed E-state index contributed by atoms with van der Waals surface area (Å²) in [6, 6.07) is 0. The van der Waals surface area contributed by atoms with Crippen molar-refractivity contribution in [3.05, 3.63) is 0 Å². The van der Waals surface area contributed by atoms with Crippen molar-refractivity contribution < 1.29 is 0 Å². The lowest BCUT2D eigenvalue weighted by atomic mass is 9.94. The van der Waals surface area contributed by atoms with Crippen LogP contribution in [0.25, 0.3) is 0 Å². The molecule has 0 aliphatic rings. The monoisotopic (exact) mass is 400 g/mol. The van der Waals surface area contributed by atoms with Crippen LogP contribution in [0.1, 0.15) is 69.2 Å². The van der Waals surface area contributed by atoms with E-state index in [0.29, 0.717) is 5.25 Å². The van der Waals surface area contributed by atoms with Crippen molar-refractivity contribution in [2.24, 2.45) is 35.5 Å². The van der Waals surface area contributed by atoms with Crippen LogP contribution in [0.2, 0.25) is 0 Å². The molecule has 0 rings (SSSR count). The zero-order valence-corrected chi connectivity index (χ0v) is 21.4. The van der Waals surface area contributed by atoms with E-state index in [9.17, 15) is 0 Å². The Balaban J connectivity index is 4.96. The lowest BCUT2D eigenvalue weighted by Crippen LogP contribution is -2.43. The highest BCUT2D eigenvalue weighted by atomic mass is 32.2. The number of thioether (sulfide) groups is 1. The predicted octanol–water partition coefficient (Wildman–Crippen LogP) is 6.22. The summed E-state index contributed by atoms with van der Waals surface area (Å²) in [7, 11) is 0.